The number of amides is 1. The molecule has 0 unspecified atom stereocenters. The van der Waals surface area contributed by atoms with Crippen LogP contribution in [0.4, 0.5) is 5.13 Å². The lowest BCUT2D eigenvalue weighted by molar-refractivity contribution is -0.117. The first-order valence-electron chi connectivity index (χ1n) is 8.49. The molecule has 8 heteroatoms. The van der Waals surface area contributed by atoms with E-state index in [1.165, 1.54) is 11.3 Å². The van der Waals surface area contributed by atoms with E-state index in [1.54, 1.807) is 0 Å². The lowest BCUT2D eigenvalue weighted by atomic mass is 10.1. The normalized spacial score (nSPS) is 12.2. The molecule has 4 N–H and O–H groups in total. The summed E-state index contributed by atoms with van der Waals surface area (Å²) < 4.78 is 0. The number of benzene rings is 2. The fourth-order valence-corrected chi connectivity index (χ4v) is 3.56. The fraction of sp³-hybridized carbons (Fsp3) is 0.158. The van der Waals surface area contributed by atoms with Crippen LogP contribution in [-0.2, 0) is 11.2 Å². The molecule has 0 bridgehead atoms. The van der Waals surface area contributed by atoms with E-state index in [-0.39, 0.29) is 5.91 Å². The van der Waals surface area contributed by atoms with Crippen LogP contribution in [-0.4, -0.2) is 32.3 Å². The molecule has 1 atom stereocenters. The van der Waals surface area contributed by atoms with Gasteiger partial charge in [0.15, 0.2) is 0 Å². The molecule has 0 aliphatic carbocycles. The molecule has 2 aromatic carbocycles. The van der Waals surface area contributed by atoms with E-state index in [4.69, 9.17) is 5.73 Å². The van der Waals surface area contributed by atoms with Crippen molar-refractivity contribution in [1.82, 2.24) is 20.4 Å². The van der Waals surface area contributed by atoms with Crippen molar-refractivity contribution in [3.05, 3.63) is 59.8 Å². The van der Waals surface area contributed by atoms with Crippen LogP contribution in [0.3, 0.4) is 0 Å². The van der Waals surface area contributed by atoms with Gasteiger partial charge in [0.2, 0.25) is 11.0 Å². The second-order valence-corrected chi connectivity index (χ2v) is 7.26. The number of nitrogens with two attached hydrogens (primary N) is 1. The minimum absolute atomic E-state index is 0.275. The number of nitrogens with one attached hydrogen (secondary N) is 2. The van der Waals surface area contributed by atoms with Crippen molar-refractivity contribution in [2.75, 3.05) is 5.32 Å². The van der Waals surface area contributed by atoms with Crippen molar-refractivity contribution < 1.29 is 4.79 Å². The minimum Gasteiger partial charge on any atom is -0.320 e. The minimum atomic E-state index is -0.648. The van der Waals surface area contributed by atoms with Gasteiger partial charge in [-0.3, -0.25) is 15.2 Å². The number of hydrogen-bond donors (Lipinski definition) is 3. The van der Waals surface area contributed by atoms with E-state index in [2.05, 4.69) is 25.7 Å². The summed E-state index contributed by atoms with van der Waals surface area (Å²) in [6.07, 6.45) is 0.467. The van der Waals surface area contributed by atoms with Gasteiger partial charge in [-0.05, 0) is 37.1 Å². The number of H-pyrrole nitrogens is 1. The zero-order chi connectivity index (χ0) is 18.8. The topological polar surface area (TPSA) is 110 Å². The van der Waals surface area contributed by atoms with Crippen LogP contribution >= 0.6 is 11.3 Å². The Labute approximate surface area is 159 Å². The van der Waals surface area contributed by atoms with Crippen molar-refractivity contribution in [3.63, 3.8) is 0 Å². The number of nitrogens with zero attached hydrogens (tertiary/aromatic N) is 3. The van der Waals surface area contributed by atoms with Gasteiger partial charge in [-0.25, -0.2) is 0 Å². The molecule has 0 spiro atoms. The molecule has 2 aromatic heterocycles. The highest BCUT2D eigenvalue weighted by molar-refractivity contribution is 7.18. The van der Waals surface area contributed by atoms with E-state index < -0.39 is 6.04 Å². The summed E-state index contributed by atoms with van der Waals surface area (Å²) in [7, 11) is 0. The van der Waals surface area contributed by atoms with Crippen LogP contribution in [0.2, 0.25) is 0 Å². The van der Waals surface area contributed by atoms with Crippen molar-refractivity contribution in [1.29, 1.82) is 0 Å². The number of aromatic nitrogens is 4. The second-order valence-electron chi connectivity index (χ2n) is 6.28. The number of hydrogen-bond acceptors (Lipinski definition) is 6. The third kappa shape index (κ3) is 3.71. The summed E-state index contributed by atoms with van der Waals surface area (Å²) in [5.74, 6) is -0.275. The molecule has 7 nitrogen and oxygen atoms in total. The maximum absolute atomic E-state index is 12.3. The van der Waals surface area contributed by atoms with Crippen LogP contribution < -0.4 is 11.1 Å². The van der Waals surface area contributed by atoms with Crippen LogP contribution in [0.1, 0.15) is 11.3 Å². The lowest BCUT2D eigenvalue weighted by Gasteiger charge is -2.10. The van der Waals surface area contributed by atoms with E-state index >= 15 is 0 Å². The third-order valence-electron chi connectivity index (χ3n) is 4.28. The smallest absolute Gasteiger partial charge is 0.243 e. The Morgan fingerprint density at radius 3 is 2.85 bits per heavy atom. The molecule has 0 saturated heterocycles. The number of fused-ring (bicyclic) bond motifs is 1. The molecule has 27 heavy (non-hydrogen) atoms. The molecule has 0 saturated carbocycles. The number of anilines is 1. The molecule has 1 amide bonds. The van der Waals surface area contributed by atoms with Crippen LogP contribution in [0, 0.1) is 6.92 Å². The first-order valence-corrected chi connectivity index (χ1v) is 9.31. The Bertz CT molecular complexity index is 1090. The summed E-state index contributed by atoms with van der Waals surface area (Å²) >= 11 is 1.31. The summed E-state index contributed by atoms with van der Waals surface area (Å²) in [6.45, 7) is 1.97. The number of rotatable bonds is 5. The Kier molecular flexibility index (Phi) is 4.66. The average Bonchev–Trinajstić information content (AvgIpc) is 3.29. The Hall–Kier alpha value is -3.10. The monoisotopic (exact) mass is 378 g/mol. The molecule has 2 heterocycles. The number of carbonyl (C=O) groups excluding carboxylic acids is 1. The van der Waals surface area contributed by atoms with Crippen LogP contribution in [0.15, 0.2) is 48.5 Å². The quantitative estimate of drug-likeness (QED) is 0.495. The summed E-state index contributed by atoms with van der Waals surface area (Å²) in [5, 5.41) is 20.4. The molecule has 4 rings (SSSR count). The fourth-order valence-electron chi connectivity index (χ4n) is 2.82. The molecular weight excluding hydrogens is 360 g/mol. The Morgan fingerprint density at radius 1 is 1.22 bits per heavy atom. The van der Waals surface area contributed by atoms with E-state index in [0.717, 1.165) is 32.7 Å². The highest BCUT2D eigenvalue weighted by Crippen LogP contribution is 2.29. The van der Waals surface area contributed by atoms with Gasteiger partial charge in [0.05, 0.1) is 11.6 Å². The first kappa shape index (κ1) is 17.3. The second kappa shape index (κ2) is 7.26. The molecule has 0 aliphatic rings. The zero-order valence-electron chi connectivity index (χ0n) is 14.6. The summed E-state index contributed by atoms with van der Waals surface area (Å²) in [6, 6.07) is 14.9. The predicted octanol–water partition coefficient (Wildman–Crippen LogP) is 2.90. The SMILES string of the molecule is Cc1[nH]nc2ccc(-c3nnc(NC(=O)[C@H](N)Cc4ccccc4)s3)cc12. The molecule has 136 valence electrons. The summed E-state index contributed by atoms with van der Waals surface area (Å²) in [5.41, 5.74) is 9.86. The zero-order valence-corrected chi connectivity index (χ0v) is 15.5. The standard InChI is InChI=1S/C19H18N6OS/c1-11-14-10-13(7-8-16(14)23-22-11)18-24-25-19(27-18)21-17(26)15(20)9-12-5-3-2-4-6-12/h2-8,10,15H,9,20H2,1H3,(H,22,23)(H,21,25,26)/t15-/m1/s1. The van der Waals surface area contributed by atoms with Gasteiger partial charge in [0, 0.05) is 16.6 Å². The molecule has 0 aliphatic heterocycles. The van der Waals surface area contributed by atoms with E-state index in [9.17, 15) is 4.79 Å². The number of aryl methyl sites for hydroxylation is 1. The van der Waals surface area contributed by atoms with E-state index in [0.29, 0.717) is 11.6 Å². The third-order valence-corrected chi connectivity index (χ3v) is 5.17. The van der Waals surface area contributed by atoms with Gasteiger partial charge in [0.1, 0.15) is 5.01 Å². The maximum atomic E-state index is 12.3. The number of aromatic amines is 1. The van der Waals surface area contributed by atoms with Gasteiger partial charge in [-0.2, -0.15) is 5.10 Å². The van der Waals surface area contributed by atoms with Crippen LogP contribution in [0.5, 0.6) is 0 Å². The van der Waals surface area contributed by atoms with Crippen molar-refractivity contribution in [2.45, 2.75) is 19.4 Å². The molecule has 0 radical (unpaired) electrons. The number of carbonyl (C=O) groups is 1. The first-order chi connectivity index (χ1) is 13.1. The van der Waals surface area contributed by atoms with Gasteiger partial charge < -0.3 is 5.73 Å². The van der Waals surface area contributed by atoms with E-state index in [1.807, 2.05) is 55.5 Å². The molecule has 0 fully saturated rings. The van der Waals surface area contributed by atoms with Gasteiger partial charge in [0.25, 0.3) is 0 Å². The van der Waals surface area contributed by atoms with Gasteiger partial charge in [-0.1, -0.05) is 41.7 Å². The highest BCUT2D eigenvalue weighted by Gasteiger charge is 2.17. The average molecular weight is 378 g/mol. The maximum Gasteiger partial charge on any atom is 0.243 e. The Balaban J connectivity index is 1.47. The highest BCUT2D eigenvalue weighted by atomic mass is 32.1. The van der Waals surface area contributed by atoms with Crippen molar-refractivity contribution in [2.24, 2.45) is 5.73 Å². The van der Waals surface area contributed by atoms with Crippen LogP contribution in [0.25, 0.3) is 21.5 Å². The summed E-state index contributed by atoms with van der Waals surface area (Å²) in [4.78, 5) is 12.3. The van der Waals surface area contributed by atoms with Gasteiger partial charge >= 0.3 is 0 Å². The predicted molar refractivity (Wildman–Crippen MR) is 106 cm³/mol. The van der Waals surface area contributed by atoms with Crippen molar-refractivity contribution >= 4 is 33.3 Å². The largest absolute Gasteiger partial charge is 0.320 e. The lowest BCUT2D eigenvalue weighted by Crippen LogP contribution is -2.37. The molecule has 4 aromatic rings. The van der Waals surface area contributed by atoms with Gasteiger partial charge in [-0.15, -0.1) is 10.2 Å². The Morgan fingerprint density at radius 2 is 2.04 bits per heavy atom. The van der Waals surface area contributed by atoms with Crippen molar-refractivity contribution in [3.8, 4) is 10.6 Å². The molecular formula is C19H18N6OS.